The van der Waals surface area contributed by atoms with Gasteiger partial charge in [0.05, 0.1) is 0 Å². The molecule has 0 aromatic carbocycles. The van der Waals surface area contributed by atoms with Gasteiger partial charge in [-0.1, -0.05) is 6.92 Å². The Bertz CT molecular complexity index is 461. The summed E-state index contributed by atoms with van der Waals surface area (Å²) in [5.74, 6) is 0.446. The molecule has 0 saturated carbocycles. The van der Waals surface area contributed by atoms with Crippen LogP contribution in [-0.4, -0.2) is 23.4 Å². The number of rotatable bonds is 3. The molecule has 0 bridgehead atoms. The van der Waals surface area contributed by atoms with E-state index in [-0.39, 0.29) is 5.91 Å². The largest absolute Gasteiger partial charge is 0.340 e. The maximum Gasteiger partial charge on any atom is 0.253 e. The van der Waals surface area contributed by atoms with Gasteiger partial charge in [-0.05, 0) is 28.4 Å². The van der Waals surface area contributed by atoms with E-state index in [1.807, 2.05) is 13.0 Å². The monoisotopic (exact) mass is 296 g/mol. The van der Waals surface area contributed by atoms with E-state index in [1.54, 1.807) is 12.4 Å². The van der Waals surface area contributed by atoms with E-state index in [0.717, 1.165) is 16.5 Å². The standard InChI is InChI=1S/C11H13BrN4O/c1-2-3-14-11-15-9(10(17)16-11)7-4-8(12)6-13-5-7/h4-6,9H,2-3H2,1H3,(H2,14,15,16,17). The predicted octanol–water partition coefficient (Wildman–Crippen LogP) is 1.37. The van der Waals surface area contributed by atoms with Crippen molar-refractivity contribution >= 4 is 27.8 Å². The van der Waals surface area contributed by atoms with Gasteiger partial charge in [0, 0.05) is 29.0 Å². The zero-order chi connectivity index (χ0) is 12.3. The number of aromatic nitrogens is 1. The topological polar surface area (TPSA) is 66.4 Å². The number of nitrogens with zero attached hydrogens (tertiary/aromatic N) is 2. The Morgan fingerprint density at radius 1 is 1.53 bits per heavy atom. The maximum absolute atomic E-state index is 11.8. The van der Waals surface area contributed by atoms with Gasteiger partial charge in [-0.2, -0.15) is 0 Å². The van der Waals surface area contributed by atoms with E-state index in [1.165, 1.54) is 0 Å². The summed E-state index contributed by atoms with van der Waals surface area (Å²) < 4.78 is 0.851. The molecule has 5 nitrogen and oxygen atoms in total. The highest BCUT2D eigenvalue weighted by Crippen LogP contribution is 2.19. The van der Waals surface area contributed by atoms with Crippen molar-refractivity contribution in [3.8, 4) is 0 Å². The molecule has 1 aromatic rings. The van der Waals surface area contributed by atoms with Crippen molar-refractivity contribution < 1.29 is 4.79 Å². The van der Waals surface area contributed by atoms with Crippen LogP contribution in [0.3, 0.4) is 0 Å². The van der Waals surface area contributed by atoms with Crippen molar-refractivity contribution in [3.05, 3.63) is 28.5 Å². The maximum atomic E-state index is 11.8. The summed E-state index contributed by atoms with van der Waals surface area (Å²) in [4.78, 5) is 20.0. The van der Waals surface area contributed by atoms with Crippen molar-refractivity contribution in [1.82, 2.24) is 15.6 Å². The second-order valence-electron chi connectivity index (χ2n) is 3.73. The summed E-state index contributed by atoms with van der Waals surface area (Å²) in [6, 6.07) is 1.46. The first kappa shape index (κ1) is 12.0. The summed E-state index contributed by atoms with van der Waals surface area (Å²) in [6.07, 6.45) is 4.30. The Balaban J connectivity index is 2.16. The van der Waals surface area contributed by atoms with Crippen LogP contribution >= 0.6 is 15.9 Å². The van der Waals surface area contributed by atoms with Crippen LogP contribution in [0.15, 0.2) is 27.9 Å². The first-order valence-electron chi connectivity index (χ1n) is 5.43. The van der Waals surface area contributed by atoms with Crippen LogP contribution < -0.4 is 10.6 Å². The molecule has 1 aliphatic heterocycles. The molecule has 1 aromatic heterocycles. The molecule has 1 amide bonds. The van der Waals surface area contributed by atoms with E-state index in [4.69, 9.17) is 0 Å². The number of carbonyl (C=O) groups is 1. The zero-order valence-corrected chi connectivity index (χ0v) is 11.0. The highest BCUT2D eigenvalue weighted by atomic mass is 79.9. The molecule has 2 rings (SSSR count). The molecule has 2 N–H and O–H groups in total. The minimum atomic E-state index is -0.407. The highest BCUT2D eigenvalue weighted by Gasteiger charge is 2.29. The summed E-state index contributed by atoms with van der Waals surface area (Å²) >= 11 is 3.33. The number of halogens is 1. The molecule has 0 spiro atoms. The van der Waals surface area contributed by atoms with Gasteiger partial charge in [-0.3, -0.25) is 20.1 Å². The van der Waals surface area contributed by atoms with Gasteiger partial charge in [-0.15, -0.1) is 0 Å². The number of guanidine groups is 1. The van der Waals surface area contributed by atoms with Gasteiger partial charge < -0.3 is 5.32 Å². The molecule has 0 radical (unpaired) electrons. The smallest absolute Gasteiger partial charge is 0.253 e. The first-order chi connectivity index (χ1) is 8.20. The normalized spacial score (nSPS) is 21.4. The van der Waals surface area contributed by atoms with Crippen LogP contribution in [-0.2, 0) is 4.79 Å². The number of nitrogens with one attached hydrogen (secondary N) is 2. The number of hydrogen-bond acceptors (Lipinski definition) is 3. The van der Waals surface area contributed by atoms with Gasteiger partial charge in [0.15, 0.2) is 5.96 Å². The lowest BCUT2D eigenvalue weighted by Crippen LogP contribution is -2.25. The third-order valence-corrected chi connectivity index (χ3v) is 2.77. The number of hydrogen-bond donors (Lipinski definition) is 2. The summed E-state index contributed by atoms with van der Waals surface area (Å²) in [7, 11) is 0. The molecule has 1 atom stereocenters. The van der Waals surface area contributed by atoms with Gasteiger partial charge in [-0.25, -0.2) is 0 Å². The Morgan fingerprint density at radius 2 is 2.35 bits per heavy atom. The lowest BCUT2D eigenvalue weighted by atomic mass is 10.1. The highest BCUT2D eigenvalue weighted by molar-refractivity contribution is 9.10. The molecule has 0 aliphatic carbocycles. The predicted molar refractivity (Wildman–Crippen MR) is 68.5 cm³/mol. The second kappa shape index (κ2) is 5.27. The summed E-state index contributed by atoms with van der Waals surface area (Å²) in [5, 5.41) is 5.76. The zero-order valence-electron chi connectivity index (χ0n) is 9.40. The van der Waals surface area contributed by atoms with Crippen molar-refractivity contribution in [3.63, 3.8) is 0 Å². The third-order valence-electron chi connectivity index (χ3n) is 2.34. The first-order valence-corrected chi connectivity index (χ1v) is 6.22. The van der Waals surface area contributed by atoms with E-state index >= 15 is 0 Å². The van der Waals surface area contributed by atoms with Crippen molar-refractivity contribution in [1.29, 1.82) is 0 Å². The van der Waals surface area contributed by atoms with Crippen molar-refractivity contribution in [2.24, 2.45) is 4.99 Å². The van der Waals surface area contributed by atoms with Gasteiger partial charge in [0.25, 0.3) is 5.91 Å². The lowest BCUT2D eigenvalue weighted by Gasteiger charge is -2.07. The van der Waals surface area contributed by atoms with Crippen LogP contribution in [0.25, 0.3) is 0 Å². The van der Waals surface area contributed by atoms with Crippen LogP contribution in [0, 0.1) is 0 Å². The number of carbonyl (C=O) groups excluding carboxylic acids is 1. The summed E-state index contributed by atoms with van der Waals surface area (Å²) in [6.45, 7) is 2.74. The van der Waals surface area contributed by atoms with E-state index in [0.29, 0.717) is 12.5 Å². The Kier molecular flexibility index (Phi) is 3.73. The minimum Gasteiger partial charge on any atom is -0.340 e. The van der Waals surface area contributed by atoms with Crippen LogP contribution in [0.2, 0.25) is 0 Å². The molecule has 1 unspecified atom stereocenters. The van der Waals surface area contributed by atoms with Crippen LogP contribution in [0.4, 0.5) is 0 Å². The fourth-order valence-electron chi connectivity index (χ4n) is 1.56. The number of pyridine rings is 1. The number of aliphatic imine (C=N–C) groups is 1. The fraction of sp³-hybridized carbons (Fsp3) is 0.364. The Morgan fingerprint density at radius 3 is 3.06 bits per heavy atom. The molecule has 1 fully saturated rings. The average molecular weight is 297 g/mol. The van der Waals surface area contributed by atoms with Crippen molar-refractivity contribution in [2.75, 3.05) is 6.54 Å². The number of amides is 1. The second-order valence-corrected chi connectivity index (χ2v) is 4.65. The Labute approximate surface area is 108 Å². The van der Waals surface area contributed by atoms with Crippen LogP contribution in [0.1, 0.15) is 24.9 Å². The third kappa shape index (κ3) is 2.82. The molecule has 17 heavy (non-hydrogen) atoms. The minimum absolute atomic E-state index is 0.0975. The molecule has 6 heteroatoms. The van der Waals surface area contributed by atoms with E-state index < -0.39 is 6.04 Å². The molecular formula is C11H13BrN4O. The van der Waals surface area contributed by atoms with Crippen molar-refractivity contribution in [2.45, 2.75) is 19.4 Å². The summed E-state index contributed by atoms with van der Waals surface area (Å²) in [5.41, 5.74) is 0.818. The molecule has 1 saturated heterocycles. The SMILES string of the molecule is CCCN=C1NC(=O)C(c2cncc(Br)c2)N1. The molecular weight excluding hydrogens is 284 g/mol. The van der Waals surface area contributed by atoms with Gasteiger partial charge >= 0.3 is 0 Å². The lowest BCUT2D eigenvalue weighted by molar-refractivity contribution is -0.120. The Hall–Kier alpha value is -1.43. The molecule has 1 aliphatic rings. The van der Waals surface area contributed by atoms with Gasteiger partial charge in [0.2, 0.25) is 0 Å². The van der Waals surface area contributed by atoms with Gasteiger partial charge in [0.1, 0.15) is 6.04 Å². The van der Waals surface area contributed by atoms with E-state index in [9.17, 15) is 4.79 Å². The molecule has 2 heterocycles. The fourth-order valence-corrected chi connectivity index (χ4v) is 1.94. The van der Waals surface area contributed by atoms with E-state index in [2.05, 4.69) is 36.5 Å². The average Bonchev–Trinajstić information content (AvgIpc) is 2.68. The molecule has 90 valence electrons. The quantitative estimate of drug-likeness (QED) is 0.885. The van der Waals surface area contributed by atoms with Crippen LogP contribution in [0.5, 0.6) is 0 Å².